The highest BCUT2D eigenvalue weighted by atomic mass is 35.5. The van der Waals surface area contributed by atoms with Crippen LogP contribution in [0.5, 0.6) is 0 Å². The zero-order chi connectivity index (χ0) is 35.9. The maximum atomic E-state index is 17.2. The molecule has 2 bridgehead atoms. The summed E-state index contributed by atoms with van der Waals surface area (Å²) in [6.07, 6.45) is 6.23. The molecule has 9 rings (SSSR count). The summed E-state index contributed by atoms with van der Waals surface area (Å²) in [5.41, 5.74) is 2.12. The lowest BCUT2D eigenvalue weighted by molar-refractivity contribution is -0.133. The number of nitrogens with zero attached hydrogens (tertiary/aromatic N) is 5. The number of carbonyl (C=O) groups excluding carboxylic acids is 2. The lowest BCUT2D eigenvalue weighted by Crippen LogP contribution is -2.45. The lowest BCUT2D eigenvalue weighted by Gasteiger charge is -2.40. The molecule has 12 heteroatoms. The van der Waals surface area contributed by atoms with E-state index in [1.54, 1.807) is 6.07 Å². The summed E-state index contributed by atoms with van der Waals surface area (Å²) in [4.78, 5) is 35.9. The van der Waals surface area contributed by atoms with E-state index in [-0.39, 0.29) is 76.5 Å². The fraction of sp³-hybridized carbons (Fsp3) is 0.487. The summed E-state index contributed by atoms with van der Waals surface area (Å²) in [5, 5.41) is 11.5. The first-order valence-electron chi connectivity index (χ1n) is 17.8. The van der Waals surface area contributed by atoms with Crippen LogP contribution in [0.3, 0.4) is 0 Å². The van der Waals surface area contributed by atoms with E-state index in [4.69, 9.17) is 21.3 Å². The number of rotatable bonds is 7. The molecule has 2 aromatic heterocycles. The summed E-state index contributed by atoms with van der Waals surface area (Å²) in [5.74, 6) is -0.891. The quantitative estimate of drug-likeness (QED) is 0.176. The van der Waals surface area contributed by atoms with Gasteiger partial charge in [-0.1, -0.05) is 23.7 Å². The predicted molar refractivity (Wildman–Crippen MR) is 194 cm³/mol. The van der Waals surface area contributed by atoms with Gasteiger partial charge in [0, 0.05) is 58.9 Å². The minimum absolute atomic E-state index is 0.0695. The van der Waals surface area contributed by atoms with E-state index in [1.807, 2.05) is 42.9 Å². The number of likely N-dealkylation sites (tertiary alicyclic amines) is 1. The summed E-state index contributed by atoms with van der Waals surface area (Å²) in [7, 11) is 0. The van der Waals surface area contributed by atoms with Gasteiger partial charge < -0.3 is 19.1 Å². The molecule has 3 aliphatic heterocycles. The maximum Gasteiger partial charge on any atom is 0.410 e. The van der Waals surface area contributed by atoms with Crippen LogP contribution in [-0.4, -0.2) is 62.3 Å². The van der Waals surface area contributed by atoms with E-state index >= 15 is 4.39 Å². The zero-order valence-electron chi connectivity index (χ0n) is 29.1. The van der Waals surface area contributed by atoms with Crippen LogP contribution >= 0.6 is 23.4 Å². The Kier molecular flexibility index (Phi) is 8.49. The summed E-state index contributed by atoms with van der Waals surface area (Å²) < 4.78 is 40.1. The minimum Gasteiger partial charge on any atom is -0.444 e. The Hall–Kier alpha value is -3.88. The molecule has 2 aliphatic carbocycles. The number of fused-ring (bicyclic) bond motifs is 4. The van der Waals surface area contributed by atoms with Crippen molar-refractivity contribution in [3.8, 4) is 17.2 Å². The number of benzene rings is 2. The van der Waals surface area contributed by atoms with Gasteiger partial charge in [-0.25, -0.2) is 18.6 Å². The maximum absolute atomic E-state index is 17.2. The molecule has 8 nitrogen and oxygen atoms in total. The summed E-state index contributed by atoms with van der Waals surface area (Å²) in [6.45, 7) is 6.81. The first kappa shape index (κ1) is 34.2. The highest BCUT2D eigenvalue weighted by molar-refractivity contribution is 7.98. The molecule has 5 heterocycles. The van der Waals surface area contributed by atoms with Crippen LogP contribution in [-0.2, 0) is 16.0 Å². The SMILES string of the molecule is CSc1nc2c(F)c(-c3cccc(F)c3Cl)c(CCC#N)cc2c2c1cc([C@H]1CCCN1C(=O)C1CC1)n2[C@H]1[C@@H]2C[C@H]1N(C(=O)OC(C)(C)C)C2. The van der Waals surface area contributed by atoms with Gasteiger partial charge in [0.1, 0.15) is 22.0 Å². The topological polar surface area (TPSA) is 91.5 Å². The van der Waals surface area contributed by atoms with Gasteiger partial charge >= 0.3 is 6.09 Å². The van der Waals surface area contributed by atoms with Crippen molar-refractivity contribution < 1.29 is 23.1 Å². The van der Waals surface area contributed by atoms with Crippen LogP contribution in [0, 0.1) is 34.8 Å². The molecular formula is C39H40ClF2N5O3S. The van der Waals surface area contributed by atoms with Crippen LogP contribution in [0.2, 0.25) is 5.02 Å². The van der Waals surface area contributed by atoms with Crippen molar-refractivity contribution >= 4 is 57.2 Å². The molecule has 4 atom stereocenters. The second-order valence-electron chi connectivity index (χ2n) is 15.4. The second-order valence-corrected chi connectivity index (χ2v) is 16.5. The van der Waals surface area contributed by atoms with Gasteiger partial charge in [-0.05, 0) is 89.3 Å². The highest BCUT2D eigenvalue weighted by Gasteiger charge is 2.57. The first-order chi connectivity index (χ1) is 24.4. The van der Waals surface area contributed by atoms with Crippen LogP contribution in [0.1, 0.15) is 82.6 Å². The fourth-order valence-electron chi connectivity index (χ4n) is 8.64. The molecule has 0 N–H and O–H groups in total. The number of hydrogen-bond acceptors (Lipinski definition) is 6. The standard InChI is InChI=1S/C39H40ClF2N5O3S/c1-39(2,3)50-38(49)46-19-22-17-29(46)34(22)47-28(27-11-7-15-45(27)37(48)20-12-13-20)18-25-35(47)24-16-21(8-6-14-43)30(23-9-5-10-26(41)31(23)40)32(42)33(24)44-36(25)51-4/h5,9-10,16,18,20,22,27,29,34H,6-8,11-13,15,17,19H2,1-4H3/t22-,27-,29-,34+/m1/s1. The molecule has 2 saturated carbocycles. The number of aryl methyl sites for hydroxylation is 1. The highest BCUT2D eigenvalue weighted by Crippen LogP contribution is 2.55. The number of aromatic nitrogens is 2. The van der Waals surface area contributed by atoms with Crippen LogP contribution in [0.15, 0.2) is 35.4 Å². The Balaban J connectivity index is 1.39. The van der Waals surface area contributed by atoms with Gasteiger partial charge in [0.2, 0.25) is 5.91 Å². The van der Waals surface area contributed by atoms with Gasteiger partial charge in [0.15, 0.2) is 5.82 Å². The van der Waals surface area contributed by atoms with Gasteiger partial charge in [-0.2, -0.15) is 5.26 Å². The van der Waals surface area contributed by atoms with E-state index in [2.05, 4.69) is 16.7 Å². The normalized spacial score (nSPS) is 22.9. The molecule has 0 radical (unpaired) electrons. The lowest BCUT2D eigenvalue weighted by atomic mass is 9.79. The Morgan fingerprint density at radius 2 is 1.92 bits per heavy atom. The van der Waals surface area contributed by atoms with Crippen molar-refractivity contribution in [2.24, 2.45) is 11.8 Å². The third-order valence-corrected chi connectivity index (χ3v) is 12.1. The van der Waals surface area contributed by atoms with Crippen molar-refractivity contribution in [2.45, 2.75) is 94.5 Å². The molecule has 5 aliphatic rings. The Bertz CT molecular complexity index is 2150. The summed E-state index contributed by atoms with van der Waals surface area (Å²) >= 11 is 7.87. The smallest absolute Gasteiger partial charge is 0.410 e. The fourth-order valence-corrected chi connectivity index (χ4v) is 9.42. The third kappa shape index (κ3) is 5.64. The number of nitriles is 1. The van der Waals surface area contributed by atoms with E-state index in [0.717, 1.165) is 48.7 Å². The van der Waals surface area contributed by atoms with E-state index in [9.17, 15) is 19.2 Å². The van der Waals surface area contributed by atoms with E-state index in [0.29, 0.717) is 29.1 Å². The number of thioether (sulfide) groups is 1. The summed E-state index contributed by atoms with van der Waals surface area (Å²) in [6, 6.07) is 10.1. The number of pyridine rings is 1. The molecule has 2 aromatic carbocycles. The van der Waals surface area contributed by atoms with Gasteiger partial charge in [-0.15, -0.1) is 11.8 Å². The van der Waals surface area contributed by atoms with Crippen LogP contribution < -0.4 is 0 Å². The Morgan fingerprint density at radius 3 is 2.63 bits per heavy atom. The third-order valence-electron chi connectivity index (χ3n) is 11.0. The van der Waals surface area contributed by atoms with Crippen molar-refractivity contribution in [3.63, 3.8) is 0 Å². The number of amides is 2. The largest absolute Gasteiger partial charge is 0.444 e. The molecule has 4 aromatic rings. The average Bonchev–Trinajstić information content (AvgIpc) is 3.39. The first-order valence-corrected chi connectivity index (χ1v) is 19.4. The molecule has 2 amide bonds. The van der Waals surface area contributed by atoms with Gasteiger partial charge in [0.25, 0.3) is 0 Å². The van der Waals surface area contributed by atoms with Crippen molar-refractivity contribution in [1.29, 1.82) is 5.26 Å². The van der Waals surface area contributed by atoms with Crippen molar-refractivity contribution in [2.75, 3.05) is 19.3 Å². The second kappa shape index (κ2) is 12.7. The molecule has 51 heavy (non-hydrogen) atoms. The Labute approximate surface area is 305 Å². The molecule has 266 valence electrons. The molecule has 5 fully saturated rings. The molecule has 3 saturated heterocycles. The number of hydrogen-bond donors (Lipinski definition) is 0. The predicted octanol–water partition coefficient (Wildman–Crippen LogP) is 9.22. The molecular weight excluding hydrogens is 692 g/mol. The number of carbonyl (C=O) groups is 2. The van der Waals surface area contributed by atoms with E-state index < -0.39 is 17.2 Å². The molecule has 0 spiro atoms. The van der Waals surface area contributed by atoms with Crippen LogP contribution in [0.25, 0.3) is 32.9 Å². The van der Waals surface area contributed by atoms with Crippen LogP contribution in [0.4, 0.5) is 13.6 Å². The van der Waals surface area contributed by atoms with Gasteiger partial charge in [-0.3, -0.25) is 4.79 Å². The van der Waals surface area contributed by atoms with Crippen molar-refractivity contribution in [1.82, 2.24) is 19.4 Å². The monoisotopic (exact) mass is 731 g/mol. The number of halogens is 3. The Morgan fingerprint density at radius 1 is 1.14 bits per heavy atom. The zero-order valence-corrected chi connectivity index (χ0v) is 30.7. The average molecular weight is 732 g/mol. The number of ether oxygens (including phenoxy) is 1. The van der Waals surface area contributed by atoms with Gasteiger partial charge in [0.05, 0.1) is 34.7 Å². The van der Waals surface area contributed by atoms with Crippen molar-refractivity contribution in [3.05, 3.63) is 58.2 Å². The minimum atomic E-state index is -0.663. The molecule has 0 unspecified atom stereocenters. The van der Waals surface area contributed by atoms with E-state index in [1.165, 1.54) is 23.9 Å².